The van der Waals surface area contributed by atoms with E-state index in [-0.39, 0.29) is 11.9 Å². The van der Waals surface area contributed by atoms with E-state index in [9.17, 15) is 4.79 Å². The number of carbonyl (C=O) groups is 1. The highest BCUT2D eigenvalue weighted by Crippen LogP contribution is 2.40. The molecule has 1 aromatic carbocycles. The van der Waals surface area contributed by atoms with Gasteiger partial charge in [0.25, 0.3) is 5.91 Å². The number of carbonyl (C=O) groups excluding carboxylic acids is 1. The van der Waals surface area contributed by atoms with Crippen LogP contribution in [-0.2, 0) is 20.6 Å². The molecule has 3 aromatic heterocycles. The van der Waals surface area contributed by atoms with Crippen LogP contribution in [0.4, 0.5) is 0 Å². The third-order valence-corrected chi connectivity index (χ3v) is 6.56. The minimum atomic E-state index is -0.0957. The number of aromatic nitrogens is 4. The normalized spacial score (nSPS) is 14.2. The van der Waals surface area contributed by atoms with Crippen molar-refractivity contribution in [2.24, 2.45) is 20.0 Å². The van der Waals surface area contributed by atoms with E-state index in [1.165, 1.54) is 0 Å². The summed E-state index contributed by atoms with van der Waals surface area (Å²) in [7, 11) is 3.86. The fourth-order valence-corrected chi connectivity index (χ4v) is 4.49. The molecule has 34 heavy (non-hydrogen) atoms. The van der Waals surface area contributed by atoms with E-state index >= 15 is 0 Å². The molecule has 0 bridgehead atoms. The van der Waals surface area contributed by atoms with Crippen LogP contribution < -0.4 is 10.9 Å². The molecule has 0 saturated heterocycles. The minimum absolute atomic E-state index is 0.0853. The summed E-state index contributed by atoms with van der Waals surface area (Å²) in [4.78, 5) is 18.1. The highest BCUT2D eigenvalue weighted by molar-refractivity contribution is 5.96. The molecule has 4 aromatic rings. The van der Waals surface area contributed by atoms with Gasteiger partial charge in [0.05, 0.1) is 18.3 Å². The van der Waals surface area contributed by atoms with Gasteiger partial charge in [0.2, 0.25) is 5.62 Å². The highest BCUT2D eigenvalue weighted by atomic mass is 16.1. The minimum Gasteiger partial charge on any atom is -0.351 e. The molecule has 1 fully saturated rings. The molecule has 1 saturated carbocycles. The lowest BCUT2D eigenvalue weighted by Crippen LogP contribution is -2.30. The molecule has 5 rings (SSSR count). The highest BCUT2D eigenvalue weighted by Gasteiger charge is 2.34. The third kappa shape index (κ3) is 4.46. The Morgan fingerprint density at radius 1 is 1.12 bits per heavy atom. The topological polar surface area (TPSA) is 80.6 Å². The van der Waals surface area contributed by atoms with E-state index in [0.29, 0.717) is 23.6 Å². The monoisotopic (exact) mass is 454 g/mol. The molecule has 1 aliphatic carbocycles. The summed E-state index contributed by atoms with van der Waals surface area (Å²) in [6.45, 7) is 2.57. The van der Waals surface area contributed by atoms with Gasteiger partial charge in [-0.2, -0.15) is 0 Å². The van der Waals surface area contributed by atoms with Crippen LogP contribution in [0, 0.1) is 18.3 Å². The maximum Gasteiger partial charge on any atom is 0.251 e. The zero-order valence-electron chi connectivity index (χ0n) is 19.8. The Bertz CT molecular complexity index is 1400. The Kier molecular flexibility index (Phi) is 5.69. The van der Waals surface area contributed by atoms with Crippen molar-refractivity contribution >= 4 is 5.91 Å². The second-order valence-corrected chi connectivity index (χ2v) is 9.33. The fourth-order valence-electron chi connectivity index (χ4n) is 4.49. The number of benzene rings is 1. The number of amides is 1. The zero-order valence-corrected chi connectivity index (χ0v) is 19.8. The molecule has 3 heterocycles. The first-order valence-corrected chi connectivity index (χ1v) is 11.6. The second-order valence-electron chi connectivity index (χ2n) is 9.33. The summed E-state index contributed by atoms with van der Waals surface area (Å²) in [6.07, 6.45) is 9.78. The van der Waals surface area contributed by atoms with Crippen molar-refractivity contribution in [1.29, 1.82) is 5.41 Å². The van der Waals surface area contributed by atoms with Crippen LogP contribution in [0.2, 0.25) is 0 Å². The standard InChI is InChI=1S/C27H30N6O/c1-18-8-9-29-23(13-18)25(20-6-7-20)30-26(34)22-15-19(17-33-12-11-32(3)27(33)28)14-21(16-22)24-5-4-10-31(24)2/h4-5,8-16,20,25,28H,6-7,17H2,1-3H3,(H,30,34). The van der Waals surface area contributed by atoms with Crippen LogP contribution in [-0.4, -0.2) is 24.6 Å². The summed E-state index contributed by atoms with van der Waals surface area (Å²) < 4.78 is 5.69. The van der Waals surface area contributed by atoms with Crippen molar-refractivity contribution in [3.63, 3.8) is 0 Å². The summed E-state index contributed by atoms with van der Waals surface area (Å²) in [5.41, 5.74) is 6.10. The number of imidazole rings is 1. The first-order valence-electron chi connectivity index (χ1n) is 11.6. The number of pyridine rings is 1. The van der Waals surface area contributed by atoms with E-state index in [1.54, 1.807) is 4.57 Å². The van der Waals surface area contributed by atoms with Crippen LogP contribution in [0.1, 0.15) is 46.1 Å². The van der Waals surface area contributed by atoms with Gasteiger partial charge in [-0.1, -0.05) is 0 Å². The lowest BCUT2D eigenvalue weighted by atomic mass is 10.0. The third-order valence-electron chi connectivity index (χ3n) is 6.56. The van der Waals surface area contributed by atoms with Crippen molar-refractivity contribution < 1.29 is 4.79 Å². The lowest BCUT2D eigenvalue weighted by Gasteiger charge is -2.19. The van der Waals surface area contributed by atoms with Gasteiger partial charge in [-0.25, -0.2) is 0 Å². The number of nitrogens with one attached hydrogen (secondary N) is 2. The Morgan fingerprint density at radius 3 is 2.59 bits per heavy atom. The van der Waals surface area contributed by atoms with Gasteiger partial charge in [0.1, 0.15) is 0 Å². The van der Waals surface area contributed by atoms with Crippen LogP contribution in [0.5, 0.6) is 0 Å². The van der Waals surface area contributed by atoms with Crippen LogP contribution in [0.25, 0.3) is 11.3 Å². The molecule has 7 nitrogen and oxygen atoms in total. The molecule has 0 aliphatic heterocycles. The molecule has 2 N–H and O–H groups in total. The number of rotatable bonds is 7. The van der Waals surface area contributed by atoms with Crippen molar-refractivity contribution in [1.82, 2.24) is 24.0 Å². The van der Waals surface area contributed by atoms with E-state index < -0.39 is 0 Å². The van der Waals surface area contributed by atoms with Crippen LogP contribution >= 0.6 is 0 Å². The van der Waals surface area contributed by atoms with Gasteiger partial charge in [-0.05, 0) is 84.8 Å². The van der Waals surface area contributed by atoms with Gasteiger partial charge >= 0.3 is 0 Å². The van der Waals surface area contributed by atoms with E-state index in [0.717, 1.165) is 40.9 Å². The molecule has 1 atom stereocenters. The molecule has 1 aliphatic rings. The second kappa shape index (κ2) is 8.82. The number of aryl methyl sites for hydroxylation is 3. The maximum absolute atomic E-state index is 13.5. The predicted molar refractivity (Wildman–Crippen MR) is 131 cm³/mol. The molecule has 1 amide bonds. The zero-order chi connectivity index (χ0) is 23.8. The van der Waals surface area contributed by atoms with Gasteiger partial charge < -0.3 is 19.0 Å². The summed E-state index contributed by atoms with van der Waals surface area (Å²) in [6, 6.07) is 14.0. The smallest absolute Gasteiger partial charge is 0.251 e. The molecule has 174 valence electrons. The first kappa shape index (κ1) is 21.9. The number of hydrogen-bond acceptors (Lipinski definition) is 3. The van der Waals surface area contributed by atoms with Crippen molar-refractivity contribution in [3.8, 4) is 11.3 Å². The summed E-state index contributed by atoms with van der Waals surface area (Å²) in [5.74, 6) is 0.334. The quantitative estimate of drug-likeness (QED) is 0.443. The average Bonchev–Trinajstić information content (AvgIpc) is 3.50. The first-order chi connectivity index (χ1) is 16.4. The van der Waals surface area contributed by atoms with Gasteiger partial charge in [0, 0.05) is 50.1 Å². The van der Waals surface area contributed by atoms with Gasteiger partial charge in [0.15, 0.2) is 0 Å². The van der Waals surface area contributed by atoms with Crippen LogP contribution in [0.3, 0.4) is 0 Å². The van der Waals surface area contributed by atoms with Gasteiger partial charge in [-0.15, -0.1) is 0 Å². The Labute approximate surface area is 199 Å². The molecule has 1 unspecified atom stereocenters. The number of hydrogen-bond donors (Lipinski definition) is 2. The molecule has 7 heteroatoms. The predicted octanol–water partition coefficient (Wildman–Crippen LogP) is 3.94. The molecular weight excluding hydrogens is 424 g/mol. The van der Waals surface area contributed by atoms with E-state index in [4.69, 9.17) is 5.41 Å². The number of nitrogens with zero attached hydrogens (tertiary/aromatic N) is 4. The molecule has 0 spiro atoms. The van der Waals surface area contributed by atoms with Crippen molar-refractivity contribution in [2.45, 2.75) is 32.4 Å². The Balaban J connectivity index is 1.50. The summed E-state index contributed by atoms with van der Waals surface area (Å²) >= 11 is 0. The average molecular weight is 455 g/mol. The van der Waals surface area contributed by atoms with Gasteiger partial charge in [-0.3, -0.25) is 15.2 Å². The lowest BCUT2D eigenvalue weighted by molar-refractivity contribution is 0.0930. The van der Waals surface area contributed by atoms with E-state index in [2.05, 4.69) is 33.1 Å². The maximum atomic E-state index is 13.5. The van der Waals surface area contributed by atoms with E-state index in [1.807, 2.05) is 74.6 Å². The summed E-state index contributed by atoms with van der Waals surface area (Å²) in [5, 5.41) is 11.6. The Hall–Kier alpha value is -3.87. The molecule has 0 radical (unpaired) electrons. The SMILES string of the molecule is Cc1ccnc(C(NC(=O)c2cc(Cn3ccn(C)c3=N)cc(-c3cccn3C)c2)C2CC2)c1. The largest absolute Gasteiger partial charge is 0.351 e. The molecular formula is C27H30N6O. The van der Waals surface area contributed by atoms with Crippen molar-refractivity contribution in [3.05, 3.63) is 95.3 Å². The fraction of sp³-hybridized carbons (Fsp3) is 0.296. The Morgan fingerprint density at radius 2 is 1.94 bits per heavy atom. The van der Waals surface area contributed by atoms with Crippen LogP contribution in [0.15, 0.2) is 67.3 Å². The van der Waals surface area contributed by atoms with Crippen molar-refractivity contribution in [2.75, 3.05) is 0 Å².